The molecular weight excluding hydrogens is 407 g/mol. The summed E-state index contributed by atoms with van der Waals surface area (Å²) in [5.74, 6) is -0.380. The summed E-state index contributed by atoms with van der Waals surface area (Å²) in [5, 5.41) is 4.67. The van der Waals surface area contributed by atoms with Gasteiger partial charge in [0.2, 0.25) is 5.91 Å². The first-order valence-electron chi connectivity index (χ1n) is 8.86. The van der Waals surface area contributed by atoms with E-state index in [1.165, 1.54) is 28.3 Å². The first-order valence-corrected chi connectivity index (χ1v) is 9.74. The SMILES string of the molecule is CCCOc1ccc(C(F)(F)F)cc1NC(=O)CCn1cnc2sccc2c1=O. The fourth-order valence-electron chi connectivity index (χ4n) is 2.63. The molecule has 3 aromatic rings. The molecule has 29 heavy (non-hydrogen) atoms. The second kappa shape index (κ2) is 8.64. The molecule has 0 aliphatic carbocycles. The van der Waals surface area contributed by atoms with E-state index in [1.54, 1.807) is 11.4 Å². The number of nitrogens with one attached hydrogen (secondary N) is 1. The van der Waals surface area contributed by atoms with Crippen molar-refractivity contribution in [3.05, 3.63) is 51.9 Å². The Morgan fingerprint density at radius 3 is 2.83 bits per heavy atom. The Bertz CT molecular complexity index is 1080. The molecule has 0 bridgehead atoms. The maximum absolute atomic E-state index is 13.0. The molecule has 154 valence electrons. The molecule has 0 aliphatic heterocycles. The largest absolute Gasteiger partial charge is 0.491 e. The number of carbonyl (C=O) groups is 1. The average molecular weight is 425 g/mol. The molecule has 0 saturated carbocycles. The first kappa shape index (κ1) is 20.8. The summed E-state index contributed by atoms with van der Waals surface area (Å²) in [4.78, 5) is 29.4. The number of fused-ring (bicyclic) bond motifs is 1. The highest BCUT2D eigenvalue weighted by Gasteiger charge is 2.31. The highest BCUT2D eigenvalue weighted by Crippen LogP contribution is 2.35. The molecule has 0 spiro atoms. The van der Waals surface area contributed by atoms with E-state index in [2.05, 4.69) is 10.3 Å². The van der Waals surface area contributed by atoms with Gasteiger partial charge in [0.05, 0.1) is 29.6 Å². The molecule has 2 heterocycles. The van der Waals surface area contributed by atoms with Crippen LogP contribution in [0.5, 0.6) is 5.75 Å². The molecule has 0 radical (unpaired) electrons. The summed E-state index contributed by atoms with van der Waals surface area (Å²) >= 11 is 1.34. The number of ether oxygens (including phenoxy) is 1. The fraction of sp³-hybridized carbons (Fsp3) is 0.316. The Labute approximate surface area is 167 Å². The van der Waals surface area contributed by atoms with Crippen molar-refractivity contribution in [2.45, 2.75) is 32.5 Å². The molecule has 0 unspecified atom stereocenters. The zero-order valence-electron chi connectivity index (χ0n) is 15.5. The number of benzene rings is 1. The molecule has 3 rings (SSSR count). The number of hydrogen-bond donors (Lipinski definition) is 1. The maximum atomic E-state index is 13.0. The Hall–Kier alpha value is -2.88. The summed E-state index contributed by atoms with van der Waals surface area (Å²) < 4.78 is 45.7. The van der Waals surface area contributed by atoms with Crippen molar-refractivity contribution in [3.63, 3.8) is 0 Å². The molecule has 10 heteroatoms. The van der Waals surface area contributed by atoms with Crippen LogP contribution < -0.4 is 15.6 Å². The van der Waals surface area contributed by atoms with Gasteiger partial charge >= 0.3 is 6.18 Å². The quantitative estimate of drug-likeness (QED) is 0.613. The second-order valence-electron chi connectivity index (χ2n) is 6.24. The van der Waals surface area contributed by atoms with Gasteiger partial charge in [0.15, 0.2) is 0 Å². The number of carbonyl (C=O) groups excluding carboxylic acids is 1. The van der Waals surface area contributed by atoms with Crippen molar-refractivity contribution < 1.29 is 22.7 Å². The van der Waals surface area contributed by atoms with Crippen molar-refractivity contribution in [2.75, 3.05) is 11.9 Å². The first-order chi connectivity index (χ1) is 13.8. The van der Waals surface area contributed by atoms with Crippen molar-refractivity contribution >= 4 is 33.1 Å². The van der Waals surface area contributed by atoms with E-state index in [0.29, 0.717) is 23.2 Å². The fourth-order valence-corrected chi connectivity index (χ4v) is 3.35. The topological polar surface area (TPSA) is 73.2 Å². The molecule has 1 N–H and O–H groups in total. The molecule has 1 amide bonds. The lowest BCUT2D eigenvalue weighted by Crippen LogP contribution is -2.23. The number of aromatic nitrogens is 2. The second-order valence-corrected chi connectivity index (χ2v) is 7.13. The van der Waals surface area contributed by atoms with Crippen LogP contribution in [-0.2, 0) is 17.5 Å². The van der Waals surface area contributed by atoms with Crippen LogP contribution in [0.2, 0.25) is 0 Å². The van der Waals surface area contributed by atoms with Crippen molar-refractivity contribution in [2.24, 2.45) is 0 Å². The van der Waals surface area contributed by atoms with Crippen LogP contribution in [0.3, 0.4) is 0 Å². The number of rotatable bonds is 7. The van der Waals surface area contributed by atoms with Gasteiger partial charge in [0.25, 0.3) is 5.56 Å². The minimum atomic E-state index is -4.54. The third kappa shape index (κ3) is 4.94. The zero-order valence-corrected chi connectivity index (χ0v) is 16.3. The Morgan fingerprint density at radius 2 is 2.10 bits per heavy atom. The molecule has 0 aliphatic rings. The molecule has 0 fully saturated rings. The molecule has 1 aromatic carbocycles. The molecule has 0 saturated heterocycles. The highest BCUT2D eigenvalue weighted by atomic mass is 32.1. The summed E-state index contributed by atoms with van der Waals surface area (Å²) in [6.45, 7) is 2.21. The van der Waals surface area contributed by atoms with E-state index in [9.17, 15) is 22.8 Å². The minimum absolute atomic E-state index is 0.0492. The third-order valence-corrected chi connectivity index (χ3v) is 4.89. The van der Waals surface area contributed by atoms with Crippen LogP contribution in [0.4, 0.5) is 18.9 Å². The molecule has 0 atom stereocenters. The average Bonchev–Trinajstić information content (AvgIpc) is 3.15. The van der Waals surface area contributed by atoms with Gasteiger partial charge in [-0.3, -0.25) is 14.2 Å². The van der Waals surface area contributed by atoms with Gasteiger partial charge in [0.1, 0.15) is 10.6 Å². The summed E-state index contributed by atoms with van der Waals surface area (Å²) in [5.41, 5.74) is -1.22. The number of alkyl halides is 3. The van der Waals surface area contributed by atoms with Crippen LogP contribution in [0.15, 0.2) is 40.8 Å². The van der Waals surface area contributed by atoms with Crippen LogP contribution in [0.1, 0.15) is 25.3 Å². The van der Waals surface area contributed by atoms with E-state index < -0.39 is 17.6 Å². The maximum Gasteiger partial charge on any atom is 0.416 e. The van der Waals surface area contributed by atoms with Crippen LogP contribution >= 0.6 is 11.3 Å². The van der Waals surface area contributed by atoms with Gasteiger partial charge in [0, 0.05) is 13.0 Å². The van der Waals surface area contributed by atoms with Gasteiger partial charge in [-0.05, 0) is 36.1 Å². The van der Waals surface area contributed by atoms with Crippen molar-refractivity contribution in [1.82, 2.24) is 9.55 Å². The van der Waals surface area contributed by atoms with Gasteiger partial charge in [-0.15, -0.1) is 11.3 Å². The van der Waals surface area contributed by atoms with Gasteiger partial charge in [-0.2, -0.15) is 13.2 Å². The number of thiophene rings is 1. The van der Waals surface area contributed by atoms with Crippen LogP contribution in [0, 0.1) is 0 Å². The third-order valence-electron chi connectivity index (χ3n) is 4.07. The number of hydrogen-bond acceptors (Lipinski definition) is 5. The Morgan fingerprint density at radius 1 is 1.31 bits per heavy atom. The lowest BCUT2D eigenvalue weighted by atomic mass is 10.1. The summed E-state index contributed by atoms with van der Waals surface area (Å²) in [7, 11) is 0. The van der Waals surface area contributed by atoms with E-state index >= 15 is 0 Å². The predicted molar refractivity (Wildman–Crippen MR) is 104 cm³/mol. The standard InChI is InChI=1S/C19H18F3N3O3S/c1-2-8-28-15-4-3-12(19(20,21)22)10-14(15)24-16(26)5-7-25-11-23-17-13(18(25)27)6-9-29-17/h3-4,6,9-11H,2,5,7-8H2,1H3,(H,24,26). The molecule has 6 nitrogen and oxygen atoms in total. The number of aryl methyl sites for hydroxylation is 1. The Balaban J connectivity index is 1.74. The van der Waals surface area contributed by atoms with Crippen molar-refractivity contribution in [3.8, 4) is 5.75 Å². The predicted octanol–water partition coefficient (Wildman–Crippen LogP) is 4.29. The lowest BCUT2D eigenvalue weighted by Gasteiger charge is -2.15. The lowest BCUT2D eigenvalue weighted by molar-refractivity contribution is -0.137. The van der Waals surface area contributed by atoms with Crippen molar-refractivity contribution in [1.29, 1.82) is 0 Å². The van der Waals surface area contributed by atoms with Gasteiger partial charge < -0.3 is 10.1 Å². The van der Waals surface area contributed by atoms with E-state index in [1.807, 2.05) is 6.92 Å². The number of nitrogens with zero attached hydrogens (tertiary/aromatic N) is 2. The number of halogens is 3. The van der Waals surface area contributed by atoms with Gasteiger partial charge in [-0.1, -0.05) is 6.92 Å². The van der Waals surface area contributed by atoms with Crippen LogP contribution in [-0.4, -0.2) is 22.1 Å². The highest BCUT2D eigenvalue weighted by molar-refractivity contribution is 7.16. The zero-order chi connectivity index (χ0) is 21.0. The van der Waals surface area contributed by atoms with Crippen LogP contribution in [0.25, 0.3) is 10.2 Å². The van der Waals surface area contributed by atoms with Gasteiger partial charge in [-0.25, -0.2) is 4.98 Å². The Kier molecular flexibility index (Phi) is 6.21. The number of anilines is 1. The molecular formula is C19H18F3N3O3S. The van der Waals surface area contributed by atoms with E-state index in [0.717, 1.165) is 12.1 Å². The number of amides is 1. The minimum Gasteiger partial charge on any atom is -0.491 e. The van der Waals surface area contributed by atoms with E-state index in [-0.39, 0.29) is 30.0 Å². The molecule has 2 aromatic heterocycles. The normalized spacial score (nSPS) is 11.6. The monoisotopic (exact) mass is 425 g/mol. The summed E-state index contributed by atoms with van der Waals surface area (Å²) in [6.07, 6.45) is -2.64. The van der Waals surface area contributed by atoms with E-state index in [4.69, 9.17) is 4.74 Å². The smallest absolute Gasteiger partial charge is 0.416 e. The summed E-state index contributed by atoms with van der Waals surface area (Å²) in [6, 6.07) is 4.59.